The van der Waals surface area contributed by atoms with Crippen LogP contribution in [0.4, 0.5) is 18.9 Å². The van der Waals surface area contributed by atoms with Crippen LogP contribution in [0.5, 0.6) is 5.75 Å². The largest absolute Gasteiger partial charge is 0.497 e. The number of amides is 2. The molecule has 0 aliphatic rings. The van der Waals surface area contributed by atoms with E-state index >= 15 is 0 Å². The quantitative estimate of drug-likeness (QED) is 0.222. The average molecular weight is 660 g/mol. The molecule has 45 heavy (non-hydrogen) atoms. The summed E-state index contributed by atoms with van der Waals surface area (Å²) in [5.41, 5.74) is 1.56. The van der Waals surface area contributed by atoms with Crippen molar-refractivity contribution in [1.82, 2.24) is 40.3 Å². The molecule has 0 radical (unpaired) electrons. The van der Waals surface area contributed by atoms with Crippen LogP contribution in [0.15, 0.2) is 60.8 Å². The molecule has 0 fully saturated rings. The van der Waals surface area contributed by atoms with Crippen molar-refractivity contribution in [3.8, 4) is 11.6 Å². The van der Waals surface area contributed by atoms with E-state index in [4.69, 9.17) is 27.9 Å². The summed E-state index contributed by atoms with van der Waals surface area (Å²) in [4.78, 5) is 31.9. The van der Waals surface area contributed by atoms with E-state index in [9.17, 15) is 22.8 Å². The number of nitrogens with zero attached hydrogens (tertiary/aromatic N) is 7. The summed E-state index contributed by atoms with van der Waals surface area (Å²) in [5, 5.41) is 20.1. The van der Waals surface area contributed by atoms with Gasteiger partial charge in [0.15, 0.2) is 5.82 Å². The third-order valence-electron chi connectivity index (χ3n) is 6.34. The van der Waals surface area contributed by atoms with Crippen LogP contribution in [-0.4, -0.2) is 53.9 Å². The number of nitrogens with one attached hydrogen (secondary N) is 2. The number of carbonyl (C=O) groups is 2. The van der Waals surface area contributed by atoms with Gasteiger partial charge in [-0.25, -0.2) is 9.67 Å². The van der Waals surface area contributed by atoms with E-state index in [0.717, 1.165) is 10.2 Å². The van der Waals surface area contributed by atoms with Crippen LogP contribution in [0.3, 0.4) is 0 Å². The lowest BCUT2D eigenvalue weighted by molar-refractivity contribution is -0.145. The highest BCUT2D eigenvalue weighted by atomic mass is 35.5. The molecule has 17 heteroatoms. The van der Waals surface area contributed by atoms with Gasteiger partial charge < -0.3 is 15.4 Å². The Morgan fingerprint density at radius 3 is 2.44 bits per heavy atom. The SMILES string of the molecule is COc1ccc(CNC(=O)c2cc(Cl)cc(C)c2NC(=O)c2cc(Cn3nnc(C(F)(F)F)n3)nn2-c2ncccc2Cl)cc1. The first-order chi connectivity index (χ1) is 21.4. The number of methoxy groups -OCH3 is 1. The van der Waals surface area contributed by atoms with E-state index < -0.39 is 23.8 Å². The van der Waals surface area contributed by atoms with Gasteiger partial charge in [-0.2, -0.15) is 23.1 Å². The zero-order chi connectivity index (χ0) is 32.3. The number of carbonyl (C=O) groups excluding carboxylic acids is 2. The Labute approximate surface area is 263 Å². The predicted octanol–water partition coefficient (Wildman–Crippen LogP) is 5.13. The molecular weight excluding hydrogens is 638 g/mol. The number of ether oxygens (including phenoxy) is 1. The van der Waals surface area contributed by atoms with E-state index in [1.165, 1.54) is 24.4 Å². The lowest BCUT2D eigenvalue weighted by atomic mass is 10.1. The van der Waals surface area contributed by atoms with Gasteiger partial charge in [-0.15, -0.1) is 10.2 Å². The zero-order valence-electron chi connectivity index (χ0n) is 23.4. The van der Waals surface area contributed by atoms with Crippen molar-refractivity contribution in [3.63, 3.8) is 0 Å². The van der Waals surface area contributed by atoms with Crippen LogP contribution in [0, 0.1) is 6.92 Å². The van der Waals surface area contributed by atoms with Crippen molar-refractivity contribution in [3.05, 3.63) is 105 Å². The highest BCUT2D eigenvalue weighted by Crippen LogP contribution is 2.28. The molecule has 0 atom stereocenters. The van der Waals surface area contributed by atoms with Gasteiger partial charge in [0.25, 0.3) is 17.6 Å². The zero-order valence-corrected chi connectivity index (χ0v) is 24.9. The van der Waals surface area contributed by atoms with E-state index in [0.29, 0.717) is 16.1 Å². The summed E-state index contributed by atoms with van der Waals surface area (Å²) in [7, 11) is 1.55. The first-order valence-electron chi connectivity index (χ1n) is 13.0. The smallest absolute Gasteiger partial charge is 0.455 e. The van der Waals surface area contributed by atoms with Gasteiger partial charge in [0.1, 0.15) is 18.0 Å². The molecule has 0 unspecified atom stereocenters. The Kier molecular flexibility index (Phi) is 9.01. The van der Waals surface area contributed by atoms with Crippen molar-refractivity contribution >= 4 is 40.7 Å². The van der Waals surface area contributed by atoms with Gasteiger partial charge in [-0.05, 0) is 65.7 Å². The van der Waals surface area contributed by atoms with Crippen molar-refractivity contribution < 1.29 is 27.5 Å². The third kappa shape index (κ3) is 7.21. The molecular formula is C28H22Cl2F3N9O3. The third-order valence-corrected chi connectivity index (χ3v) is 6.85. The number of tetrazole rings is 1. The van der Waals surface area contributed by atoms with Crippen molar-refractivity contribution in [2.45, 2.75) is 26.2 Å². The van der Waals surface area contributed by atoms with Crippen LogP contribution >= 0.6 is 23.2 Å². The highest BCUT2D eigenvalue weighted by molar-refractivity contribution is 6.32. The Morgan fingerprint density at radius 2 is 1.78 bits per heavy atom. The molecule has 3 aromatic heterocycles. The minimum atomic E-state index is -4.79. The van der Waals surface area contributed by atoms with E-state index in [1.54, 1.807) is 50.4 Å². The van der Waals surface area contributed by atoms with Crippen LogP contribution in [0.1, 0.15) is 43.5 Å². The molecule has 0 bridgehead atoms. The van der Waals surface area contributed by atoms with E-state index in [1.807, 2.05) is 0 Å². The molecule has 3 heterocycles. The van der Waals surface area contributed by atoms with Crippen LogP contribution in [0.25, 0.3) is 5.82 Å². The molecule has 2 amide bonds. The van der Waals surface area contributed by atoms with Crippen molar-refractivity contribution in [1.29, 1.82) is 0 Å². The topological polar surface area (TPSA) is 142 Å². The highest BCUT2D eigenvalue weighted by Gasteiger charge is 2.37. The molecule has 0 aliphatic carbocycles. The molecule has 0 spiro atoms. The van der Waals surface area contributed by atoms with Crippen LogP contribution in [0.2, 0.25) is 10.0 Å². The lowest BCUT2D eigenvalue weighted by Gasteiger charge is -2.15. The fourth-order valence-corrected chi connectivity index (χ4v) is 4.69. The monoisotopic (exact) mass is 659 g/mol. The second-order valence-corrected chi connectivity index (χ2v) is 10.4. The Hall–Kier alpha value is -5.02. The molecule has 2 aromatic carbocycles. The normalized spacial score (nSPS) is 11.4. The number of aromatic nitrogens is 7. The Morgan fingerprint density at radius 1 is 1.02 bits per heavy atom. The molecule has 2 N–H and O–H groups in total. The minimum Gasteiger partial charge on any atom is -0.497 e. The predicted molar refractivity (Wildman–Crippen MR) is 157 cm³/mol. The first-order valence-corrected chi connectivity index (χ1v) is 13.8. The molecule has 5 rings (SSSR count). The summed E-state index contributed by atoms with van der Waals surface area (Å²) < 4.78 is 45.2. The summed E-state index contributed by atoms with van der Waals surface area (Å²) >= 11 is 12.6. The van der Waals surface area contributed by atoms with Gasteiger partial charge in [0.2, 0.25) is 0 Å². The Balaban J connectivity index is 1.45. The number of benzene rings is 2. The second-order valence-electron chi connectivity index (χ2n) is 9.51. The maximum absolute atomic E-state index is 13.8. The van der Waals surface area contributed by atoms with Gasteiger partial charge in [-0.3, -0.25) is 9.59 Å². The number of pyridine rings is 1. The standard InChI is InChI=1S/C28H22Cl2F3N9O3/c1-15-10-17(29)11-20(25(43)35-13-16-5-7-19(45-2)8-6-16)23(15)36-26(44)22-12-18(14-41-39-27(37-40-41)28(31,32)33)38-42(22)24-21(30)4-3-9-34-24/h3-12H,13-14H2,1-2H3,(H,35,43)(H,36,44). The van der Waals surface area contributed by atoms with Crippen molar-refractivity contribution in [2.75, 3.05) is 12.4 Å². The molecule has 0 saturated carbocycles. The molecule has 5 aromatic rings. The van der Waals surface area contributed by atoms with Gasteiger partial charge >= 0.3 is 6.18 Å². The molecule has 0 aliphatic heterocycles. The van der Waals surface area contributed by atoms with E-state index in [-0.39, 0.29) is 51.6 Å². The molecule has 0 saturated heterocycles. The van der Waals surface area contributed by atoms with Gasteiger partial charge in [0, 0.05) is 17.8 Å². The number of aryl methyl sites for hydroxylation is 1. The maximum Gasteiger partial charge on any atom is 0.455 e. The Bertz CT molecular complexity index is 1880. The molecule has 12 nitrogen and oxygen atoms in total. The second kappa shape index (κ2) is 12.9. The number of hydrogen-bond acceptors (Lipinski definition) is 8. The summed E-state index contributed by atoms with van der Waals surface area (Å²) in [6.45, 7) is 1.48. The van der Waals surface area contributed by atoms with Gasteiger partial charge in [-0.1, -0.05) is 35.3 Å². The van der Waals surface area contributed by atoms with E-state index in [2.05, 4.69) is 36.1 Å². The van der Waals surface area contributed by atoms with Gasteiger partial charge in [0.05, 0.1) is 29.1 Å². The summed E-state index contributed by atoms with van der Waals surface area (Å²) in [5.74, 6) is -1.93. The molecule has 232 valence electrons. The average Bonchev–Trinajstić information content (AvgIpc) is 3.65. The number of alkyl halides is 3. The minimum absolute atomic E-state index is 0.0726. The number of rotatable bonds is 9. The number of halogens is 5. The lowest BCUT2D eigenvalue weighted by Crippen LogP contribution is -2.26. The fraction of sp³-hybridized carbons (Fsp3) is 0.179. The summed E-state index contributed by atoms with van der Waals surface area (Å²) in [6.07, 6.45) is -3.37. The van der Waals surface area contributed by atoms with Crippen LogP contribution < -0.4 is 15.4 Å². The first kappa shape index (κ1) is 31.4. The van der Waals surface area contributed by atoms with Crippen molar-refractivity contribution in [2.24, 2.45) is 0 Å². The summed E-state index contributed by atoms with van der Waals surface area (Å²) in [6, 6.07) is 14.5. The van der Waals surface area contributed by atoms with Crippen LogP contribution in [-0.2, 0) is 19.3 Å². The fourth-order valence-electron chi connectivity index (χ4n) is 4.22. The maximum atomic E-state index is 13.8. The number of hydrogen-bond donors (Lipinski definition) is 2. The number of anilines is 1.